The second-order valence-electron chi connectivity index (χ2n) is 6.09. The molecule has 0 atom stereocenters. The number of rotatable bonds is 0. The summed E-state index contributed by atoms with van der Waals surface area (Å²) in [6, 6.07) is 0. The molecular weight excluding hydrogens is 182 g/mol. The smallest absolute Gasteiger partial charge is 0.00218 e. The quantitative estimate of drug-likeness (QED) is 0.583. The second-order valence-corrected chi connectivity index (χ2v) is 6.09. The Balaban J connectivity index is 2.31. The number of hydrogen-bond donors (Lipinski definition) is 0. The summed E-state index contributed by atoms with van der Waals surface area (Å²) >= 11 is 0. The van der Waals surface area contributed by atoms with E-state index < -0.39 is 0 Å². The van der Waals surface area contributed by atoms with Crippen LogP contribution in [0.25, 0.3) is 0 Å². The highest BCUT2D eigenvalue weighted by molar-refractivity contribution is 4.70. The summed E-state index contributed by atoms with van der Waals surface area (Å²) in [5, 5.41) is 0. The maximum absolute atomic E-state index is 2.51. The van der Waals surface area contributed by atoms with E-state index in [1.54, 1.807) is 0 Å². The summed E-state index contributed by atoms with van der Waals surface area (Å²) in [7, 11) is 2.27. The molecule has 0 amide bonds. The van der Waals surface area contributed by atoms with Crippen molar-refractivity contribution in [3.63, 3.8) is 0 Å². The van der Waals surface area contributed by atoms with Crippen molar-refractivity contribution in [1.82, 2.24) is 4.90 Å². The Bertz CT molecular complexity index is 163. The van der Waals surface area contributed by atoms with E-state index in [1.165, 1.54) is 64.5 Å². The van der Waals surface area contributed by atoms with Crippen LogP contribution < -0.4 is 0 Å². The van der Waals surface area contributed by atoms with Crippen LogP contribution in [0.5, 0.6) is 0 Å². The zero-order valence-electron chi connectivity index (χ0n) is 11.0. The van der Waals surface area contributed by atoms with Gasteiger partial charge in [-0.25, -0.2) is 0 Å². The van der Waals surface area contributed by atoms with E-state index in [0.29, 0.717) is 5.41 Å². The van der Waals surface area contributed by atoms with Crippen molar-refractivity contribution in [2.24, 2.45) is 5.41 Å². The molecule has 15 heavy (non-hydrogen) atoms. The Morgan fingerprint density at radius 2 is 1.20 bits per heavy atom. The fourth-order valence-electron chi connectivity index (χ4n) is 2.56. The van der Waals surface area contributed by atoms with Crippen LogP contribution in [0.1, 0.15) is 65.2 Å². The van der Waals surface area contributed by atoms with Crippen molar-refractivity contribution in [3.05, 3.63) is 0 Å². The van der Waals surface area contributed by atoms with Crippen molar-refractivity contribution in [3.8, 4) is 0 Å². The first-order valence-corrected chi connectivity index (χ1v) is 6.79. The molecular formula is C14H29N. The van der Waals surface area contributed by atoms with Crippen LogP contribution in [0.3, 0.4) is 0 Å². The van der Waals surface area contributed by atoms with Gasteiger partial charge in [-0.3, -0.25) is 0 Å². The lowest BCUT2D eigenvalue weighted by atomic mass is 9.82. The molecule has 1 fully saturated rings. The third-order valence-corrected chi connectivity index (χ3v) is 3.79. The van der Waals surface area contributed by atoms with Gasteiger partial charge in [0.15, 0.2) is 0 Å². The third kappa shape index (κ3) is 6.19. The molecule has 0 aliphatic carbocycles. The van der Waals surface area contributed by atoms with Gasteiger partial charge in [0.2, 0.25) is 0 Å². The first-order chi connectivity index (χ1) is 7.10. The van der Waals surface area contributed by atoms with E-state index in [2.05, 4.69) is 25.8 Å². The van der Waals surface area contributed by atoms with Crippen LogP contribution in [0.2, 0.25) is 0 Å². The summed E-state index contributed by atoms with van der Waals surface area (Å²) in [4.78, 5) is 2.51. The minimum absolute atomic E-state index is 0.595. The standard InChI is InChI=1S/C14H29N/c1-14(2)10-6-4-5-8-12-15(3)13-9-7-11-14/h4-13H2,1-3H3. The highest BCUT2D eigenvalue weighted by atomic mass is 15.1. The van der Waals surface area contributed by atoms with E-state index in [0.717, 1.165) is 0 Å². The van der Waals surface area contributed by atoms with E-state index in [9.17, 15) is 0 Å². The Morgan fingerprint density at radius 1 is 0.733 bits per heavy atom. The average molecular weight is 211 g/mol. The van der Waals surface area contributed by atoms with Gasteiger partial charge < -0.3 is 4.90 Å². The predicted molar refractivity (Wildman–Crippen MR) is 68.2 cm³/mol. The molecule has 0 radical (unpaired) electrons. The van der Waals surface area contributed by atoms with Gasteiger partial charge in [-0.2, -0.15) is 0 Å². The maximum atomic E-state index is 2.51. The molecule has 1 heteroatoms. The lowest BCUT2D eigenvalue weighted by Crippen LogP contribution is -2.22. The molecule has 1 heterocycles. The van der Waals surface area contributed by atoms with Crippen LogP contribution in [-0.2, 0) is 0 Å². The van der Waals surface area contributed by atoms with Crippen LogP contribution >= 0.6 is 0 Å². The van der Waals surface area contributed by atoms with E-state index in [1.807, 2.05) is 0 Å². The largest absolute Gasteiger partial charge is 0.306 e. The molecule has 1 aliphatic rings. The summed E-state index contributed by atoms with van der Waals surface area (Å²) in [5.74, 6) is 0. The van der Waals surface area contributed by atoms with Gasteiger partial charge in [-0.1, -0.05) is 39.5 Å². The molecule has 90 valence electrons. The summed E-state index contributed by atoms with van der Waals surface area (Å²) in [6.45, 7) is 7.50. The van der Waals surface area contributed by atoms with Crippen LogP contribution in [0.4, 0.5) is 0 Å². The molecule has 0 aromatic rings. The molecule has 1 rings (SSSR count). The molecule has 1 nitrogen and oxygen atoms in total. The number of hydrogen-bond acceptors (Lipinski definition) is 1. The number of nitrogens with zero attached hydrogens (tertiary/aromatic N) is 1. The van der Waals surface area contributed by atoms with Crippen LogP contribution in [0.15, 0.2) is 0 Å². The van der Waals surface area contributed by atoms with Gasteiger partial charge in [0.05, 0.1) is 0 Å². The summed E-state index contributed by atoms with van der Waals surface area (Å²) < 4.78 is 0. The maximum Gasteiger partial charge on any atom is -0.00218 e. The molecule has 0 aromatic heterocycles. The van der Waals surface area contributed by atoms with Gasteiger partial charge in [0, 0.05) is 0 Å². The van der Waals surface area contributed by atoms with Gasteiger partial charge in [-0.15, -0.1) is 0 Å². The highest BCUT2D eigenvalue weighted by Crippen LogP contribution is 2.30. The predicted octanol–water partition coefficient (Wildman–Crippen LogP) is 4.08. The Labute approximate surface area is 96.2 Å². The summed E-state index contributed by atoms with van der Waals surface area (Å²) in [5.41, 5.74) is 0.595. The third-order valence-electron chi connectivity index (χ3n) is 3.79. The van der Waals surface area contributed by atoms with E-state index in [4.69, 9.17) is 0 Å². The molecule has 0 aromatic carbocycles. The fourth-order valence-corrected chi connectivity index (χ4v) is 2.56. The zero-order chi connectivity index (χ0) is 11.1. The Kier molecular flexibility index (Phi) is 5.66. The molecule has 0 saturated carbocycles. The van der Waals surface area contributed by atoms with Crippen LogP contribution in [0, 0.1) is 5.41 Å². The fraction of sp³-hybridized carbons (Fsp3) is 1.00. The normalized spacial score (nSPS) is 26.6. The molecule has 0 bridgehead atoms. The lowest BCUT2D eigenvalue weighted by Gasteiger charge is -2.26. The van der Waals surface area contributed by atoms with Crippen molar-refractivity contribution >= 4 is 0 Å². The SMILES string of the molecule is CN1CCCCCCC(C)(C)CCCC1. The highest BCUT2D eigenvalue weighted by Gasteiger charge is 2.17. The molecule has 0 N–H and O–H groups in total. The van der Waals surface area contributed by atoms with Gasteiger partial charge >= 0.3 is 0 Å². The second kappa shape index (κ2) is 6.52. The topological polar surface area (TPSA) is 3.24 Å². The van der Waals surface area contributed by atoms with Gasteiger partial charge in [0.25, 0.3) is 0 Å². The summed E-state index contributed by atoms with van der Waals surface area (Å²) in [6.07, 6.45) is 11.4. The monoisotopic (exact) mass is 211 g/mol. The van der Waals surface area contributed by atoms with Crippen molar-refractivity contribution in [2.75, 3.05) is 20.1 Å². The zero-order valence-corrected chi connectivity index (χ0v) is 11.0. The van der Waals surface area contributed by atoms with Crippen LogP contribution in [-0.4, -0.2) is 25.0 Å². The first-order valence-electron chi connectivity index (χ1n) is 6.79. The van der Waals surface area contributed by atoms with Crippen molar-refractivity contribution < 1.29 is 0 Å². The first kappa shape index (κ1) is 13.0. The Morgan fingerprint density at radius 3 is 1.87 bits per heavy atom. The van der Waals surface area contributed by atoms with Gasteiger partial charge in [-0.05, 0) is 51.2 Å². The average Bonchev–Trinajstić information content (AvgIpc) is 2.16. The Hall–Kier alpha value is -0.0400. The van der Waals surface area contributed by atoms with Crippen molar-refractivity contribution in [2.45, 2.75) is 65.2 Å². The molecule has 0 spiro atoms. The van der Waals surface area contributed by atoms with E-state index >= 15 is 0 Å². The lowest BCUT2D eigenvalue weighted by molar-refractivity contribution is 0.255. The molecule has 0 unspecified atom stereocenters. The van der Waals surface area contributed by atoms with Crippen molar-refractivity contribution in [1.29, 1.82) is 0 Å². The molecule has 1 aliphatic heterocycles. The minimum Gasteiger partial charge on any atom is -0.306 e. The minimum atomic E-state index is 0.595. The van der Waals surface area contributed by atoms with E-state index in [-0.39, 0.29) is 0 Å². The van der Waals surface area contributed by atoms with Gasteiger partial charge in [0.1, 0.15) is 0 Å². The molecule has 1 saturated heterocycles.